The molecule has 0 aromatic heterocycles. The standard InChI is InChI=1S/C8H6BrIO2/c9-7(8(11)12)5-1-3-6(10)4-2-5/h1-4,7H,(H,11,12). The second kappa shape index (κ2) is 4.23. The third-order valence-electron chi connectivity index (χ3n) is 1.38. The van der Waals surface area contributed by atoms with E-state index in [1.165, 1.54) is 0 Å². The third kappa shape index (κ3) is 2.45. The maximum atomic E-state index is 10.5. The molecule has 1 unspecified atom stereocenters. The minimum absolute atomic E-state index is 0.602. The van der Waals surface area contributed by atoms with E-state index < -0.39 is 10.8 Å². The van der Waals surface area contributed by atoms with E-state index in [9.17, 15) is 4.79 Å². The second-order valence-electron chi connectivity index (χ2n) is 2.25. The lowest BCUT2D eigenvalue weighted by Gasteiger charge is -2.03. The van der Waals surface area contributed by atoms with Crippen LogP contribution in [0.1, 0.15) is 10.4 Å². The Bertz CT molecular complexity index is 284. The van der Waals surface area contributed by atoms with Crippen molar-refractivity contribution in [3.63, 3.8) is 0 Å². The molecule has 0 amide bonds. The van der Waals surface area contributed by atoms with E-state index in [-0.39, 0.29) is 0 Å². The summed E-state index contributed by atoms with van der Waals surface area (Å²) in [5.74, 6) is -0.865. The number of hydrogen-bond donors (Lipinski definition) is 1. The predicted molar refractivity (Wildman–Crippen MR) is 58.5 cm³/mol. The van der Waals surface area contributed by atoms with Gasteiger partial charge in [-0.3, -0.25) is 4.79 Å². The number of halogens is 2. The van der Waals surface area contributed by atoms with Crippen LogP contribution in [0.5, 0.6) is 0 Å². The number of carboxylic acid groups (broad SMARTS) is 1. The van der Waals surface area contributed by atoms with Gasteiger partial charge in [0, 0.05) is 3.57 Å². The molecule has 1 aromatic rings. The van der Waals surface area contributed by atoms with Crippen LogP contribution >= 0.6 is 38.5 Å². The number of carbonyl (C=O) groups is 1. The van der Waals surface area contributed by atoms with Crippen molar-refractivity contribution in [1.29, 1.82) is 0 Å². The van der Waals surface area contributed by atoms with Crippen molar-refractivity contribution in [2.75, 3.05) is 0 Å². The molecule has 1 rings (SSSR count). The molecule has 64 valence electrons. The molecular formula is C8H6BrIO2. The molecular weight excluding hydrogens is 335 g/mol. The lowest BCUT2D eigenvalue weighted by Crippen LogP contribution is -2.03. The highest BCUT2D eigenvalue weighted by Gasteiger charge is 2.14. The second-order valence-corrected chi connectivity index (χ2v) is 4.41. The van der Waals surface area contributed by atoms with E-state index in [1.54, 1.807) is 12.1 Å². The topological polar surface area (TPSA) is 37.3 Å². The Hall–Kier alpha value is -0.100. The highest BCUT2D eigenvalue weighted by Crippen LogP contribution is 2.23. The van der Waals surface area contributed by atoms with Crippen molar-refractivity contribution >= 4 is 44.5 Å². The Labute approximate surface area is 92.2 Å². The molecule has 12 heavy (non-hydrogen) atoms. The average molecular weight is 341 g/mol. The zero-order valence-corrected chi connectivity index (χ0v) is 9.74. The molecule has 0 spiro atoms. The third-order valence-corrected chi connectivity index (χ3v) is 3.02. The summed E-state index contributed by atoms with van der Waals surface area (Å²) in [5.41, 5.74) is 0.767. The van der Waals surface area contributed by atoms with Crippen LogP contribution in [0.25, 0.3) is 0 Å². The quantitative estimate of drug-likeness (QED) is 0.664. The summed E-state index contributed by atoms with van der Waals surface area (Å²) in [6.07, 6.45) is 0. The summed E-state index contributed by atoms with van der Waals surface area (Å²) in [4.78, 5) is 9.93. The van der Waals surface area contributed by atoms with Crippen molar-refractivity contribution in [2.24, 2.45) is 0 Å². The first-order valence-corrected chi connectivity index (χ1v) is 5.23. The van der Waals surface area contributed by atoms with Gasteiger partial charge in [0.2, 0.25) is 0 Å². The summed E-state index contributed by atoms with van der Waals surface area (Å²) >= 11 is 5.25. The Morgan fingerprint density at radius 1 is 1.42 bits per heavy atom. The van der Waals surface area contributed by atoms with Crippen LogP contribution in [0, 0.1) is 3.57 Å². The van der Waals surface area contributed by atoms with Gasteiger partial charge in [-0.25, -0.2) is 0 Å². The van der Waals surface area contributed by atoms with Gasteiger partial charge in [0.25, 0.3) is 0 Å². The molecule has 1 aromatic carbocycles. The number of hydrogen-bond acceptors (Lipinski definition) is 1. The first-order valence-electron chi connectivity index (χ1n) is 3.23. The highest BCUT2D eigenvalue weighted by molar-refractivity contribution is 14.1. The minimum atomic E-state index is -0.865. The van der Waals surface area contributed by atoms with Gasteiger partial charge in [0.05, 0.1) is 0 Å². The van der Waals surface area contributed by atoms with Crippen molar-refractivity contribution < 1.29 is 9.90 Å². The molecule has 0 fully saturated rings. The Morgan fingerprint density at radius 2 is 1.92 bits per heavy atom. The van der Waals surface area contributed by atoms with Crippen LogP contribution in [-0.2, 0) is 4.79 Å². The van der Waals surface area contributed by atoms with E-state index in [2.05, 4.69) is 38.5 Å². The molecule has 0 aliphatic heterocycles. The number of benzene rings is 1. The van der Waals surface area contributed by atoms with Gasteiger partial charge in [-0.15, -0.1) is 0 Å². The number of carboxylic acids is 1. The van der Waals surface area contributed by atoms with E-state index in [1.807, 2.05) is 12.1 Å². The molecule has 0 aliphatic rings. The van der Waals surface area contributed by atoms with Crippen LogP contribution in [-0.4, -0.2) is 11.1 Å². The first kappa shape index (κ1) is 9.98. The van der Waals surface area contributed by atoms with E-state index >= 15 is 0 Å². The van der Waals surface area contributed by atoms with Gasteiger partial charge in [0.15, 0.2) is 0 Å². The monoisotopic (exact) mass is 340 g/mol. The van der Waals surface area contributed by atoms with Crippen LogP contribution in [0.4, 0.5) is 0 Å². The maximum Gasteiger partial charge on any atom is 0.321 e. The van der Waals surface area contributed by atoms with E-state index in [0.717, 1.165) is 9.13 Å². The number of aliphatic carboxylic acids is 1. The molecule has 4 heteroatoms. The van der Waals surface area contributed by atoms with Gasteiger partial charge in [-0.2, -0.15) is 0 Å². The van der Waals surface area contributed by atoms with E-state index in [0.29, 0.717) is 0 Å². The molecule has 1 N–H and O–H groups in total. The lowest BCUT2D eigenvalue weighted by molar-refractivity contribution is -0.136. The molecule has 0 radical (unpaired) electrons. The molecule has 0 saturated carbocycles. The van der Waals surface area contributed by atoms with Gasteiger partial charge in [-0.05, 0) is 40.3 Å². The fraction of sp³-hybridized carbons (Fsp3) is 0.125. The summed E-state index contributed by atoms with van der Waals surface area (Å²) in [6.45, 7) is 0. The number of rotatable bonds is 2. The normalized spacial score (nSPS) is 12.5. The summed E-state index contributed by atoms with van der Waals surface area (Å²) in [5, 5.41) is 8.66. The first-order chi connectivity index (χ1) is 5.61. The van der Waals surface area contributed by atoms with Crippen LogP contribution in [0.3, 0.4) is 0 Å². The fourth-order valence-electron chi connectivity index (χ4n) is 0.774. The van der Waals surface area contributed by atoms with Crippen molar-refractivity contribution in [3.05, 3.63) is 33.4 Å². The zero-order valence-electron chi connectivity index (χ0n) is 6.00. The smallest absolute Gasteiger partial charge is 0.321 e. The van der Waals surface area contributed by atoms with Crippen LogP contribution in [0.15, 0.2) is 24.3 Å². The SMILES string of the molecule is O=C(O)C(Br)c1ccc(I)cc1. The molecule has 0 saturated heterocycles. The zero-order chi connectivity index (χ0) is 9.14. The van der Waals surface area contributed by atoms with Gasteiger partial charge < -0.3 is 5.11 Å². The van der Waals surface area contributed by atoms with Gasteiger partial charge in [0.1, 0.15) is 4.83 Å². The Morgan fingerprint density at radius 3 is 2.33 bits per heavy atom. The molecule has 0 aliphatic carbocycles. The van der Waals surface area contributed by atoms with Gasteiger partial charge >= 0.3 is 5.97 Å². The molecule has 2 nitrogen and oxygen atoms in total. The highest BCUT2D eigenvalue weighted by atomic mass is 127. The van der Waals surface area contributed by atoms with Crippen molar-refractivity contribution in [1.82, 2.24) is 0 Å². The summed E-state index contributed by atoms with van der Waals surface area (Å²) < 4.78 is 1.10. The number of alkyl halides is 1. The Balaban J connectivity index is 2.89. The fourth-order valence-corrected chi connectivity index (χ4v) is 1.44. The largest absolute Gasteiger partial charge is 0.480 e. The van der Waals surface area contributed by atoms with Crippen molar-refractivity contribution in [3.8, 4) is 0 Å². The summed E-state index contributed by atoms with van der Waals surface area (Å²) in [7, 11) is 0. The minimum Gasteiger partial charge on any atom is -0.480 e. The Kier molecular flexibility index (Phi) is 3.52. The maximum absolute atomic E-state index is 10.5. The molecule has 0 bridgehead atoms. The lowest BCUT2D eigenvalue weighted by atomic mass is 10.2. The molecule has 0 heterocycles. The average Bonchev–Trinajstić information content (AvgIpc) is 2.04. The van der Waals surface area contributed by atoms with Gasteiger partial charge in [-0.1, -0.05) is 28.1 Å². The van der Waals surface area contributed by atoms with Crippen LogP contribution < -0.4 is 0 Å². The molecule has 1 atom stereocenters. The summed E-state index contributed by atoms with van der Waals surface area (Å²) in [6, 6.07) is 7.37. The van der Waals surface area contributed by atoms with Crippen LogP contribution in [0.2, 0.25) is 0 Å². The van der Waals surface area contributed by atoms with E-state index in [4.69, 9.17) is 5.11 Å². The predicted octanol–water partition coefficient (Wildman–Crippen LogP) is 2.81. The van der Waals surface area contributed by atoms with Crippen molar-refractivity contribution in [2.45, 2.75) is 4.83 Å².